The summed E-state index contributed by atoms with van der Waals surface area (Å²) in [5.74, 6) is 0.206. The van der Waals surface area contributed by atoms with Crippen LogP contribution in [0.25, 0.3) is 0 Å². The van der Waals surface area contributed by atoms with E-state index >= 15 is 0 Å². The molecule has 0 aliphatic carbocycles. The maximum atomic E-state index is 12.0. The number of rotatable bonds is 3. The summed E-state index contributed by atoms with van der Waals surface area (Å²) in [6.45, 7) is 4.36. The van der Waals surface area contributed by atoms with E-state index < -0.39 is 0 Å². The van der Waals surface area contributed by atoms with Gasteiger partial charge in [0.05, 0.1) is 12.2 Å². The third-order valence-electron chi connectivity index (χ3n) is 2.92. The van der Waals surface area contributed by atoms with Crippen molar-refractivity contribution in [2.24, 2.45) is 7.05 Å². The third-order valence-corrected chi connectivity index (χ3v) is 2.92. The van der Waals surface area contributed by atoms with Crippen molar-refractivity contribution >= 4 is 5.91 Å². The molecule has 1 aromatic rings. The molecular weight excluding hydrogens is 204 g/mol. The van der Waals surface area contributed by atoms with E-state index in [9.17, 15) is 4.79 Å². The van der Waals surface area contributed by atoms with Gasteiger partial charge in [0.1, 0.15) is 0 Å². The van der Waals surface area contributed by atoms with E-state index in [1.54, 1.807) is 4.68 Å². The lowest BCUT2D eigenvalue weighted by atomic mass is 10.1. The predicted molar refractivity (Wildman–Crippen MR) is 60.7 cm³/mol. The Morgan fingerprint density at radius 2 is 2.44 bits per heavy atom. The molecule has 1 aliphatic rings. The lowest BCUT2D eigenvalue weighted by Crippen LogP contribution is -2.54. The Kier molecular flexibility index (Phi) is 3.24. The zero-order valence-electron chi connectivity index (χ0n) is 9.81. The van der Waals surface area contributed by atoms with E-state index in [1.807, 2.05) is 31.3 Å². The Morgan fingerprint density at radius 3 is 3.06 bits per heavy atom. The molecule has 1 unspecified atom stereocenters. The average molecular weight is 222 g/mol. The van der Waals surface area contributed by atoms with Crippen LogP contribution in [0.5, 0.6) is 0 Å². The topological polar surface area (TPSA) is 50.2 Å². The molecule has 0 bridgehead atoms. The molecular formula is C11H18N4O. The Balaban J connectivity index is 2.01. The molecule has 0 saturated carbocycles. The molecule has 16 heavy (non-hydrogen) atoms. The fourth-order valence-electron chi connectivity index (χ4n) is 2.04. The minimum absolute atomic E-state index is 0.00887. The normalized spacial score (nSPS) is 21.5. The molecule has 2 heterocycles. The molecule has 1 amide bonds. The van der Waals surface area contributed by atoms with Gasteiger partial charge in [0.15, 0.2) is 0 Å². The number of aromatic nitrogens is 2. The summed E-state index contributed by atoms with van der Waals surface area (Å²) >= 11 is 0. The van der Waals surface area contributed by atoms with Crippen LogP contribution in [0.3, 0.4) is 0 Å². The number of nitrogens with one attached hydrogen (secondary N) is 1. The van der Waals surface area contributed by atoms with Crippen LogP contribution in [-0.4, -0.2) is 39.7 Å². The summed E-state index contributed by atoms with van der Waals surface area (Å²) in [4.78, 5) is 13.9. The highest BCUT2D eigenvalue weighted by molar-refractivity contribution is 5.82. The van der Waals surface area contributed by atoms with Crippen molar-refractivity contribution in [3.05, 3.63) is 18.0 Å². The number of hydrogen-bond acceptors (Lipinski definition) is 3. The number of hydrogen-bond donors (Lipinski definition) is 1. The van der Waals surface area contributed by atoms with Gasteiger partial charge in [0, 0.05) is 38.4 Å². The zero-order valence-corrected chi connectivity index (χ0v) is 9.81. The minimum Gasteiger partial charge on any atom is -0.336 e. The highest BCUT2D eigenvalue weighted by Gasteiger charge is 2.26. The van der Waals surface area contributed by atoms with Gasteiger partial charge in [-0.05, 0) is 6.42 Å². The molecule has 1 fully saturated rings. The molecule has 0 radical (unpaired) electrons. The molecule has 0 spiro atoms. The summed E-state index contributed by atoms with van der Waals surface area (Å²) in [5, 5.41) is 7.34. The van der Waals surface area contributed by atoms with Crippen LogP contribution in [0.4, 0.5) is 0 Å². The fraction of sp³-hybridized carbons (Fsp3) is 0.636. The van der Waals surface area contributed by atoms with E-state index in [-0.39, 0.29) is 11.9 Å². The van der Waals surface area contributed by atoms with Gasteiger partial charge in [-0.1, -0.05) is 6.92 Å². The summed E-state index contributed by atoms with van der Waals surface area (Å²) in [5.41, 5.74) is 1.09. The zero-order chi connectivity index (χ0) is 11.5. The Bertz CT molecular complexity index is 374. The van der Waals surface area contributed by atoms with Crippen LogP contribution in [0.2, 0.25) is 0 Å². The first kappa shape index (κ1) is 11.1. The van der Waals surface area contributed by atoms with Crippen LogP contribution in [-0.2, 0) is 18.4 Å². The van der Waals surface area contributed by atoms with E-state index in [1.165, 1.54) is 0 Å². The van der Waals surface area contributed by atoms with Crippen molar-refractivity contribution in [2.75, 3.05) is 13.1 Å². The first-order valence-electron chi connectivity index (χ1n) is 5.70. The monoisotopic (exact) mass is 222 g/mol. The second kappa shape index (κ2) is 4.65. The largest absolute Gasteiger partial charge is 0.336 e. The second-order valence-corrected chi connectivity index (χ2v) is 4.20. The van der Waals surface area contributed by atoms with Gasteiger partial charge in [-0.3, -0.25) is 9.48 Å². The Labute approximate surface area is 95.4 Å². The molecule has 5 nitrogen and oxygen atoms in total. The van der Waals surface area contributed by atoms with Crippen molar-refractivity contribution in [3.8, 4) is 0 Å². The lowest BCUT2D eigenvalue weighted by molar-refractivity contribution is -0.136. The molecule has 1 aromatic heterocycles. The first-order valence-corrected chi connectivity index (χ1v) is 5.70. The molecule has 5 heteroatoms. The number of carbonyl (C=O) groups is 1. The predicted octanol–water partition coefficient (Wildman–Crippen LogP) is 0.130. The molecule has 1 aliphatic heterocycles. The smallest absolute Gasteiger partial charge is 0.240 e. The molecule has 88 valence electrons. The molecule has 0 aromatic carbocycles. The number of piperazine rings is 1. The maximum absolute atomic E-state index is 12.0. The van der Waals surface area contributed by atoms with Crippen molar-refractivity contribution < 1.29 is 4.79 Å². The standard InChI is InChI=1S/C11H18N4O/c1-3-10-11(16)15(5-4-12-10)8-9-6-13-14(2)7-9/h6-7,10,12H,3-5,8H2,1-2H3. The van der Waals surface area contributed by atoms with Gasteiger partial charge in [0.2, 0.25) is 5.91 Å². The summed E-state index contributed by atoms with van der Waals surface area (Å²) in [6.07, 6.45) is 4.62. The number of carbonyl (C=O) groups excluding carboxylic acids is 1. The van der Waals surface area contributed by atoms with Crippen LogP contribution in [0.1, 0.15) is 18.9 Å². The van der Waals surface area contributed by atoms with E-state index in [4.69, 9.17) is 0 Å². The quantitative estimate of drug-likeness (QED) is 0.791. The van der Waals surface area contributed by atoms with Crippen LogP contribution < -0.4 is 5.32 Å². The Morgan fingerprint density at radius 1 is 1.62 bits per heavy atom. The van der Waals surface area contributed by atoms with Gasteiger partial charge in [-0.2, -0.15) is 5.10 Å². The number of amides is 1. The molecule has 2 rings (SSSR count). The number of aryl methyl sites for hydroxylation is 1. The molecule has 1 atom stereocenters. The summed E-state index contributed by atoms with van der Waals surface area (Å²) < 4.78 is 1.76. The lowest BCUT2D eigenvalue weighted by Gasteiger charge is -2.32. The highest BCUT2D eigenvalue weighted by atomic mass is 16.2. The highest BCUT2D eigenvalue weighted by Crippen LogP contribution is 2.09. The van der Waals surface area contributed by atoms with E-state index in [2.05, 4.69) is 10.4 Å². The molecule has 1 saturated heterocycles. The van der Waals surface area contributed by atoms with Crippen LogP contribution in [0.15, 0.2) is 12.4 Å². The van der Waals surface area contributed by atoms with Gasteiger partial charge < -0.3 is 10.2 Å². The maximum Gasteiger partial charge on any atom is 0.240 e. The number of nitrogens with zero attached hydrogens (tertiary/aromatic N) is 3. The molecule has 1 N–H and O–H groups in total. The van der Waals surface area contributed by atoms with Crippen LogP contribution in [0, 0.1) is 0 Å². The van der Waals surface area contributed by atoms with Gasteiger partial charge in [-0.15, -0.1) is 0 Å². The fourth-order valence-corrected chi connectivity index (χ4v) is 2.04. The van der Waals surface area contributed by atoms with Gasteiger partial charge in [-0.25, -0.2) is 0 Å². The second-order valence-electron chi connectivity index (χ2n) is 4.20. The first-order chi connectivity index (χ1) is 7.70. The van der Waals surface area contributed by atoms with E-state index in [0.29, 0.717) is 6.54 Å². The minimum atomic E-state index is -0.00887. The third kappa shape index (κ3) is 2.24. The summed E-state index contributed by atoms with van der Waals surface area (Å²) in [7, 11) is 1.89. The van der Waals surface area contributed by atoms with Gasteiger partial charge in [0.25, 0.3) is 0 Å². The van der Waals surface area contributed by atoms with Crippen molar-refractivity contribution in [1.82, 2.24) is 20.0 Å². The van der Waals surface area contributed by atoms with Crippen molar-refractivity contribution in [2.45, 2.75) is 25.9 Å². The SMILES string of the molecule is CCC1NCCN(Cc2cnn(C)c2)C1=O. The van der Waals surface area contributed by atoms with Crippen LogP contribution >= 0.6 is 0 Å². The Hall–Kier alpha value is -1.36. The summed E-state index contributed by atoms with van der Waals surface area (Å²) in [6, 6.07) is -0.00887. The van der Waals surface area contributed by atoms with E-state index in [0.717, 1.165) is 25.1 Å². The average Bonchev–Trinajstić information content (AvgIpc) is 2.67. The van der Waals surface area contributed by atoms with Crippen molar-refractivity contribution in [3.63, 3.8) is 0 Å². The van der Waals surface area contributed by atoms with Gasteiger partial charge >= 0.3 is 0 Å². The van der Waals surface area contributed by atoms with Crippen molar-refractivity contribution in [1.29, 1.82) is 0 Å².